The Labute approximate surface area is 104 Å². The molecular formula is C10H14N6O2. The highest BCUT2D eigenvalue weighted by Crippen LogP contribution is 2.08. The lowest BCUT2D eigenvalue weighted by Crippen LogP contribution is -2.52. The van der Waals surface area contributed by atoms with Crippen LogP contribution in [0.5, 0.6) is 0 Å². The monoisotopic (exact) mass is 250 g/mol. The van der Waals surface area contributed by atoms with Gasteiger partial charge in [0.25, 0.3) is 0 Å². The molecule has 8 nitrogen and oxygen atoms in total. The van der Waals surface area contributed by atoms with Crippen molar-refractivity contribution in [2.45, 2.75) is 6.54 Å². The van der Waals surface area contributed by atoms with E-state index in [1.165, 1.54) is 22.2 Å². The summed E-state index contributed by atoms with van der Waals surface area (Å²) in [5.74, 6) is 4.62. The summed E-state index contributed by atoms with van der Waals surface area (Å²) in [6, 6.07) is 0. The number of nitrogens with zero attached hydrogens (tertiary/aromatic N) is 4. The molecule has 2 amide bonds. The number of hydrogen-bond donors (Lipinski definition) is 2. The van der Waals surface area contributed by atoms with Crippen LogP contribution < -0.4 is 11.3 Å². The maximum Gasteiger partial charge on any atom is 0.312 e. The topological polar surface area (TPSA) is 104 Å². The predicted octanol–water partition coefficient (Wildman–Crippen LogP) is -1.44. The Morgan fingerprint density at radius 2 is 2.06 bits per heavy atom. The summed E-state index contributed by atoms with van der Waals surface area (Å²) in [7, 11) is 1.61. The molecule has 0 saturated carbocycles. The third-order valence-corrected chi connectivity index (χ3v) is 2.73. The molecule has 1 saturated heterocycles. The second-order valence-corrected chi connectivity index (χ2v) is 3.99. The lowest BCUT2D eigenvalue weighted by atomic mass is 10.3. The molecule has 1 aliphatic heterocycles. The van der Waals surface area contributed by atoms with Gasteiger partial charge in [-0.3, -0.25) is 14.6 Å². The number of hydrazine groups is 1. The molecule has 0 atom stereocenters. The molecule has 1 aromatic heterocycles. The highest BCUT2D eigenvalue weighted by molar-refractivity contribution is 6.35. The van der Waals surface area contributed by atoms with E-state index in [0.29, 0.717) is 24.6 Å². The van der Waals surface area contributed by atoms with Crippen LogP contribution >= 0.6 is 0 Å². The normalized spacial score (nSPS) is 16.1. The first-order valence-electron chi connectivity index (χ1n) is 5.43. The van der Waals surface area contributed by atoms with Crippen molar-refractivity contribution in [3.8, 4) is 0 Å². The number of nitrogen functional groups attached to an aromatic ring is 1. The van der Waals surface area contributed by atoms with Crippen molar-refractivity contribution >= 4 is 17.6 Å². The number of amides is 2. The van der Waals surface area contributed by atoms with Gasteiger partial charge in [0.15, 0.2) is 5.82 Å². The average Bonchev–Trinajstić information content (AvgIpc) is 2.40. The number of hydrogen-bond acceptors (Lipinski definition) is 6. The summed E-state index contributed by atoms with van der Waals surface area (Å²) in [5, 5.41) is 0. The molecule has 0 aromatic carbocycles. The Kier molecular flexibility index (Phi) is 3.38. The molecule has 1 aliphatic rings. The van der Waals surface area contributed by atoms with E-state index in [-0.39, 0.29) is 6.54 Å². The molecule has 2 rings (SSSR count). The summed E-state index contributed by atoms with van der Waals surface area (Å²) in [6.45, 7) is 1.30. The van der Waals surface area contributed by atoms with Crippen molar-refractivity contribution in [1.82, 2.24) is 19.8 Å². The minimum atomic E-state index is -0.508. The van der Waals surface area contributed by atoms with Crippen LogP contribution in [-0.2, 0) is 16.1 Å². The number of carbonyl (C=O) groups excluding carboxylic acids is 2. The highest BCUT2D eigenvalue weighted by Gasteiger charge is 2.30. The van der Waals surface area contributed by atoms with Gasteiger partial charge in [0.05, 0.1) is 24.6 Å². The minimum absolute atomic E-state index is 0.274. The summed E-state index contributed by atoms with van der Waals surface area (Å²) in [4.78, 5) is 34.2. The van der Waals surface area contributed by atoms with E-state index in [2.05, 4.69) is 15.4 Å². The Morgan fingerprint density at radius 3 is 2.67 bits per heavy atom. The zero-order valence-electron chi connectivity index (χ0n) is 9.96. The van der Waals surface area contributed by atoms with Crippen molar-refractivity contribution in [3.05, 3.63) is 18.1 Å². The maximum atomic E-state index is 11.7. The van der Waals surface area contributed by atoms with Crippen LogP contribution in [0.1, 0.15) is 5.69 Å². The van der Waals surface area contributed by atoms with Gasteiger partial charge in [-0.1, -0.05) is 0 Å². The minimum Gasteiger partial charge on any atom is -0.336 e. The molecule has 0 unspecified atom stereocenters. The zero-order valence-corrected chi connectivity index (χ0v) is 9.96. The number of anilines is 1. The van der Waals surface area contributed by atoms with Crippen molar-refractivity contribution in [1.29, 1.82) is 0 Å². The molecule has 1 aromatic rings. The quantitative estimate of drug-likeness (QED) is 0.387. The van der Waals surface area contributed by atoms with Gasteiger partial charge < -0.3 is 15.2 Å². The molecule has 0 aliphatic carbocycles. The molecule has 0 spiro atoms. The first-order chi connectivity index (χ1) is 8.61. The molecule has 8 heteroatoms. The predicted molar refractivity (Wildman–Crippen MR) is 62.9 cm³/mol. The van der Waals surface area contributed by atoms with E-state index < -0.39 is 11.8 Å². The number of nitrogens with two attached hydrogens (primary N) is 1. The number of rotatable bonds is 3. The highest BCUT2D eigenvalue weighted by atomic mass is 16.2. The van der Waals surface area contributed by atoms with Crippen molar-refractivity contribution < 1.29 is 9.59 Å². The van der Waals surface area contributed by atoms with Gasteiger partial charge in [0.2, 0.25) is 0 Å². The van der Waals surface area contributed by atoms with Crippen LogP contribution in [0, 0.1) is 0 Å². The third-order valence-electron chi connectivity index (χ3n) is 2.73. The SMILES string of the molecule is CN1CCN(Cc2cnc(NN)cn2)C(=O)C1=O. The third kappa shape index (κ3) is 2.38. The van der Waals surface area contributed by atoms with Crippen LogP contribution in [0.3, 0.4) is 0 Å². The second-order valence-electron chi connectivity index (χ2n) is 3.99. The Hall–Kier alpha value is -2.22. The smallest absolute Gasteiger partial charge is 0.312 e. The average molecular weight is 250 g/mol. The first kappa shape index (κ1) is 12.2. The molecule has 0 bridgehead atoms. The van der Waals surface area contributed by atoms with Crippen molar-refractivity contribution in [2.24, 2.45) is 5.84 Å². The van der Waals surface area contributed by atoms with Gasteiger partial charge in [-0.05, 0) is 0 Å². The van der Waals surface area contributed by atoms with Gasteiger partial charge >= 0.3 is 11.8 Å². The summed E-state index contributed by atoms with van der Waals surface area (Å²) in [6.07, 6.45) is 2.99. The van der Waals surface area contributed by atoms with E-state index in [1.54, 1.807) is 7.05 Å². The summed E-state index contributed by atoms with van der Waals surface area (Å²) >= 11 is 0. The van der Waals surface area contributed by atoms with Crippen LogP contribution in [0.25, 0.3) is 0 Å². The lowest BCUT2D eigenvalue weighted by Gasteiger charge is -2.31. The summed E-state index contributed by atoms with van der Waals surface area (Å²) < 4.78 is 0. The van der Waals surface area contributed by atoms with E-state index >= 15 is 0 Å². The number of likely N-dealkylation sites (N-methyl/N-ethyl adjacent to an activating group) is 1. The fraction of sp³-hybridized carbons (Fsp3) is 0.400. The van der Waals surface area contributed by atoms with E-state index in [4.69, 9.17) is 5.84 Å². The largest absolute Gasteiger partial charge is 0.336 e. The van der Waals surface area contributed by atoms with Gasteiger partial charge in [-0.25, -0.2) is 10.8 Å². The Morgan fingerprint density at radius 1 is 1.28 bits per heavy atom. The first-order valence-corrected chi connectivity index (χ1v) is 5.43. The van der Waals surface area contributed by atoms with E-state index in [9.17, 15) is 9.59 Å². The molecule has 3 N–H and O–H groups in total. The molecular weight excluding hydrogens is 236 g/mol. The van der Waals surface area contributed by atoms with Crippen LogP contribution in [0.2, 0.25) is 0 Å². The van der Waals surface area contributed by atoms with Crippen LogP contribution in [0.15, 0.2) is 12.4 Å². The molecule has 2 heterocycles. The maximum absolute atomic E-state index is 11.7. The summed E-state index contributed by atoms with van der Waals surface area (Å²) in [5.41, 5.74) is 2.98. The number of nitrogens with one attached hydrogen (secondary N) is 1. The fourth-order valence-electron chi connectivity index (χ4n) is 1.63. The Bertz CT molecular complexity index is 460. The van der Waals surface area contributed by atoms with E-state index in [0.717, 1.165) is 0 Å². The van der Waals surface area contributed by atoms with Gasteiger partial charge in [-0.2, -0.15) is 0 Å². The number of carbonyl (C=O) groups is 2. The molecule has 96 valence electrons. The van der Waals surface area contributed by atoms with Gasteiger partial charge in [0.1, 0.15) is 0 Å². The van der Waals surface area contributed by atoms with Crippen molar-refractivity contribution in [2.75, 3.05) is 25.6 Å². The molecule has 18 heavy (non-hydrogen) atoms. The van der Waals surface area contributed by atoms with Gasteiger partial charge in [-0.15, -0.1) is 0 Å². The molecule has 1 fully saturated rings. The lowest BCUT2D eigenvalue weighted by molar-refractivity contribution is -0.155. The van der Waals surface area contributed by atoms with Crippen LogP contribution in [-0.4, -0.2) is 51.7 Å². The number of piperazine rings is 1. The van der Waals surface area contributed by atoms with Crippen molar-refractivity contribution in [3.63, 3.8) is 0 Å². The molecule has 0 radical (unpaired) electrons. The standard InChI is InChI=1S/C10H14N6O2/c1-15-2-3-16(10(18)9(15)17)6-7-4-13-8(14-11)5-12-7/h4-5H,2-3,6,11H2,1H3,(H,13,14). The Balaban J connectivity index is 2.04. The van der Waals surface area contributed by atoms with Crippen LogP contribution in [0.4, 0.5) is 5.82 Å². The van der Waals surface area contributed by atoms with Gasteiger partial charge in [0, 0.05) is 20.1 Å². The van der Waals surface area contributed by atoms with E-state index in [1.807, 2.05) is 0 Å². The number of aromatic nitrogens is 2. The fourth-order valence-corrected chi connectivity index (χ4v) is 1.63. The zero-order chi connectivity index (χ0) is 13.1. The second kappa shape index (κ2) is 4.96.